The van der Waals surface area contributed by atoms with Crippen LogP contribution in [0.3, 0.4) is 0 Å². The SMILES string of the molecule is CCc1c(SC)n(C)c2c(CN3CC(CNC(=O)CCCCCN4C(=O)C=CC4=O)C3)c(O)ccc12. The zero-order valence-corrected chi connectivity index (χ0v) is 22.2. The third-order valence-electron chi connectivity index (χ3n) is 7.22. The molecule has 2 N–H and O–H groups in total. The van der Waals surface area contributed by atoms with E-state index in [1.54, 1.807) is 11.8 Å². The Morgan fingerprint density at radius 2 is 1.83 bits per heavy atom. The second kappa shape index (κ2) is 11.5. The van der Waals surface area contributed by atoms with Crippen LogP contribution in [0.15, 0.2) is 29.3 Å². The van der Waals surface area contributed by atoms with Crippen molar-refractivity contribution in [2.45, 2.75) is 50.6 Å². The molecule has 0 bridgehead atoms. The topological polar surface area (TPSA) is 94.9 Å². The van der Waals surface area contributed by atoms with Gasteiger partial charge in [-0.3, -0.25) is 24.2 Å². The Morgan fingerprint density at radius 3 is 2.50 bits per heavy atom. The zero-order chi connectivity index (χ0) is 25.8. The molecule has 9 heteroatoms. The first kappa shape index (κ1) is 26.3. The fourth-order valence-corrected chi connectivity index (χ4v) is 6.18. The van der Waals surface area contributed by atoms with E-state index in [1.165, 1.54) is 33.0 Å². The van der Waals surface area contributed by atoms with Crippen molar-refractivity contribution < 1.29 is 19.5 Å². The van der Waals surface area contributed by atoms with Crippen molar-refractivity contribution in [1.82, 2.24) is 19.7 Å². The van der Waals surface area contributed by atoms with E-state index in [2.05, 4.69) is 35.0 Å². The van der Waals surface area contributed by atoms with Gasteiger partial charge in [-0.15, -0.1) is 11.8 Å². The van der Waals surface area contributed by atoms with Gasteiger partial charge in [0, 0.05) is 75.2 Å². The molecule has 2 aromatic rings. The number of aryl methyl sites for hydroxylation is 2. The van der Waals surface area contributed by atoms with E-state index >= 15 is 0 Å². The number of hydrogen-bond donors (Lipinski definition) is 2. The van der Waals surface area contributed by atoms with Gasteiger partial charge in [0.25, 0.3) is 11.8 Å². The number of rotatable bonds is 12. The first-order valence-electron chi connectivity index (χ1n) is 12.7. The van der Waals surface area contributed by atoms with Crippen LogP contribution < -0.4 is 5.32 Å². The number of aromatic hydroxyl groups is 1. The molecular formula is C27H36N4O4S. The Kier molecular flexibility index (Phi) is 8.41. The quantitative estimate of drug-likeness (QED) is 0.258. The Hall–Kier alpha value is -2.78. The van der Waals surface area contributed by atoms with Crippen molar-refractivity contribution in [3.63, 3.8) is 0 Å². The Labute approximate surface area is 216 Å². The molecular weight excluding hydrogens is 476 g/mol. The maximum Gasteiger partial charge on any atom is 0.253 e. The largest absolute Gasteiger partial charge is 0.508 e. The zero-order valence-electron chi connectivity index (χ0n) is 21.4. The van der Waals surface area contributed by atoms with Crippen LogP contribution in [0.5, 0.6) is 5.75 Å². The van der Waals surface area contributed by atoms with Gasteiger partial charge in [-0.25, -0.2) is 0 Å². The molecule has 1 aromatic carbocycles. The monoisotopic (exact) mass is 512 g/mol. The predicted molar refractivity (Wildman–Crippen MR) is 142 cm³/mol. The van der Waals surface area contributed by atoms with Crippen LogP contribution in [-0.4, -0.2) is 69.6 Å². The van der Waals surface area contributed by atoms with E-state index in [1.807, 2.05) is 12.1 Å². The summed E-state index contributed by atoms with van der Waals surface area (Å²) < 4.78 is 2.21. The number of amides is 3. The van der Waals surface area contributed by atoms with Crippen LogP contribution in [0.2, 0.25) is 0 Å². The maximum atomic E-state index is 12.2. The number of benzene rings is 1. The normalized spacial score (nSPS) is 16.4. The van der Waals surface area contributed by atoms with Crippen LogP contribution >= 0.6 is 11.8 Å². The van der Waals surface area contributed by atoms with E-state index in [0.29, 0.717) is 44.1 Å². The number of hydrogen-bond acceptors (Lipinski definition) is 6. The average molecular weight is 513 g/mol. The third-order valence-corrected chi connectivity index (χ3v) is 8.12. The van der Waals surface area contributed by atoms with Crippen molar-refractivity contribution in [2.75, 3.05) is 32.4 Å². The molecule has 2 aliphatic heterocycles. The fraction of sp³-hybridized carbons (Fsp3) is 0.519. The van der Waals surface area contributed by atoms with Crippen molar-refractivity contribution in [2.24, 2.45) is 13.0 Å². The molecule has 1 saturated heterocycles. The van der Waals surface area contributed by atoms with Gasteiger partial charge >= 0.3 is 0 Å². The molecule has 2 aliphatic rings. The molecule has 8 nitrogen and oxygen atoms in total. The van der Waals surface area contributed by atoms with Crippen molar-refractivity contribution >= 4 is 40.4 Å². The highest BCUT2D eigenvalue weighted by atomic mass is 32.2. The molecule has 0 spiro atoms. The third kappa shape index (κ3) is 5.47. The molecule has 0 atom stereocenters. The molecule has 194 valence electrons. The van der Waals surface area contributed by atoms with E-state index in [4.69, 9.17) is 0 Å². The number of unbranched alkanes of at least 4 members (excludes halogenated alkanes) is 2. The van der Waals surface area contributed by atoms with Crippen molar-refractivity contribution in [3.05, 3.63) is 35.4 Å². The highest BCUT2D eigenvalue weighted by molar-refractivity contribution is 7.98. The van der Waals surface area contributed by atoms with Gasteiger partial charge in [-0.05, 0) is 43.2 Å². The van der Waals surface area contributed by atoms with E-state index < -0.39 is 0 Å². The number of likely N-dealkylation sites (tertiary alicyclic amines) is 1. The lowest BCUT2D eigenvalue weighted by Crippen LogP contribution is -2.50. The summed E-state index contributed by atoms with van der Waals surface area (Å²) in [6.07, 6.45) is 8.35. The van der Waals surface area contributed by atoms with Gasteiger partial charge in [0.1, 0.15) is 5.75 Å². The number of thioether (sulfide) groups is 1. The molecule has 0 aliphatic carbocycles. The molecule has 0 radical (unpaired) electrons. The fourth-order valence-electron chi connectivity index (χ4n) is 5.32. The first-order chi connectivity index (χ1) is 17.3. The van der Waals surface area contributed by atoms with Crippen LogP contribution in [0.4, 0.5) is 0 Å². The number of imide groups is 1. The molecule has 4 rings (SSSR count). The lowest BCUT2D eigenvalue weighted by atomic mass is 9.98. The number of carbonyl (C=O) groups excluding carboxylic acids is 3. The minimum absolute atomic E-state index is 0.0476. The van der Waals surface area contributed by atoms with Crippen molar-refractivity contribution in [1.29, 1.82) is 0 Å². The summed E-state index contributed by atoms with van der Waals surface area (Å²) >= 11 is 1.75. The summed E-state index contributed by atoms with van der Waals surface area (Å²) in [5, 5.41) is 16.2. The molecule has 1 aromatic heterocycles. The second-order valence-electron chi connectivity index (χ2n) is 9.70. The smallest absolute Gasteiger partial charge is 0.253 e. The molecule has 0 saturated carbocycles. The van der Waals surface area contributed by atoms with Crippen molar-refractivity contribution in [3.8, 4) is 5.75 Å². The maximum absolute atomic E-state index is 12.2. The van der Waals surface area contributed by atoms with Gasteiger partial charge in [0.2, 0.25) is 5.91 Å². The van der Waals surface area contributed by atoms with Gasteiger partial charge in [-0.2, -0.15) is 0 Å². The van der Waals surface area contributed by atoms with Crippen LogP contribution in [0, 0.1) is 5.92 Å². The Balaban J connectivity index is 1.18. The Bertz CT molecular complexity index is 1160. The summed E-state index contributed by atoms with van der Waals surface area (Å²) in [6.45, 7) is 5.72. The molecule has 0 unspecified atom stereocenters. The summed E-state index contributed by atoms with van der Waals surface area (Å²) in [4.78, 5) is 38.8. The molecule has 3 amide bonds. The molecule has 3 heterocycles. The predicted octanol–water partition coefficient (Wildman–Crippen LogP) is 3.20. The standard InChI is InChI=1S/C27H36N4O4S/c1-4-19-20-9-10-22(32)21(26(20)29(2)27(19)36-3)17-30-15-18(16-30)14-28-23(33)8-6-5-7-13-31-24(34)11-12-25(31)35/h9-12,18,32H,4-8,13-17H2,1-3H3,(H,28,33). The molecule has 1 fully saturated rings. The lowest BCUT2D eigenvalue weighted by molar-refractivity contribution is -0.137. The number of phenols is 1. The highest BCUT2D eigenvalue weighted by Crippen LogP contribution is 2.38. The van der Waals surface area contributed by atoms with E-state index in [9.17, 15) is 19.5 Å². The average Bonchev–Trinajstić information content (AvgIpc) is 3.31. The summed E-state index contributed by atoms with van der Waals surface area (Å²) in [7, 11) is 2.08. The summed E-state index contributed by atoms with van der Waals surface area (Å²) in [5.41, 5.74) is 3.42. The molecule has 36 heavy (non-hydrogen) atoms. The Morgan fingerprint density at radius 1 is 1.11 bits per heavy atom. The number of phenolic OH excluding ortho intramolecular Hbond substituents is 1. The van der Waals surface area contributed by atoms with Crippen LogP contribution in [0.1, 0.15) is 43.7 Å². The van der Waals surface area contributed by atoms with Gasteiger partial charge in [-0.1, -0.05) is 13.3 Å². The summed E-state index contributed by atoms with van der Waals surface area (Å²) in [5.74, 6) is 0.295. The first-order valence-corrected chi connectivity index (χ1v) is 13.9. The number of aromatic nitrogens is 1. The number of fused-ring (bicyclic) bond motifs is 1. The van der Waals surface area contributed by atoms with Gasteiger partial charge < -0.3 is 15.0 Å². The minimum Gasteiger partial charge on any atom is -0.508 e. The van der Waals surface area contributed by atoms with Gasteiger partial charge in [0.15, 0.2) is 0 Å². The number of carbonyl (C=O) groups is 3. The van der Waals surface area contributed by atoms with E-state index in [0.717, 1.165) is 43.4 Å². The second-order valence-corrected chi connectivity index (χ2v) is 10.5. The van der Waals surface area contributed by atoms with Crippen LogP contribution in [-0.2, 0) is 34.4 Å². The van der Waals surface area contributed by atoms with E-state index in [-0.39, 0.29) is 17.7 Å². The van der Waals surface area contributed by atoms with Gasteiger partial charge in [0.05, 0.1) is 10.5 Å². The number of nitrogens with one attached hydrogen (secondary N) is 1. The summed E-state index contributed by atoms with van der Waals surface area (Å²) in [6, 6.07) is 3.85. The minimum atomic E-state index is -0.252. The lowest BCUT2D eigenvalue weighted by Gasteiger charge is -2.39. The number of nitrogens with zero attached hydrogens (tertiary/aromatic N) is 3. The highest BCUT2D eigenvalue weighted by Gasteiger charge is 2.29. The van der Waals surface area contributed by atoms with Crippen LogP contribution in [0.25, 0.3) is 10.9 Å².